The van der Waals surface area contributed by atoms with Crippen LogP contribution in [0.4, 0.5) is 9.28 Å². The van der Waals surface area contributed by atoms with Gasteiger partial charge in [-0.15, -0.1) is 5.12 Å². The number of rotatable bonds is 6. The van der Waals surface area contributed by atoms with E-state index in [4.69, 9.17) is 4.74 Å². The number of carbonyl (C=O) groups is 3. The molecule has 1 aliphatic heterocycles. The number of amides is 2. The van der Waals surface area contributed by atoms with Crippen LogP contribution in [0.25, 0.3) is 0 Å². The molecule has 1 aliphatic rings. The first-order valence-corrected chi connectivity index (χ1v) is 8.84. The van der Waals surface area contributed by atoms with E-state index >= 15 is 0 Å². The highest BCUT2D eigenvalue weighted by atomic mass is 19.2. The van der Waals surface area contributed by atoms with Gasteiger partial charge in [-0.1, -0.05) is 48.7 Å². The zero-order valence-electron chi connectivity index (χ0n) is 15.2. The molecule has 2 rings (SSSR count). The Balaban J connectivity index is 2.02. The summed E-state index contributed by atoms with van der Waals surface area (Å²) >= 11 is 0. The molecular formula is C19H25FN2O4. The van der Waals surface area contributed by atoms with Crippen LogP contribution in [0.2, 0.25) is 0 Å². The molecule has 1 heterocycles. The number of likely N-dealkylation sites (tertiary alicyclic amines) is 1. The van der Waals surface area contributed by atoms with Crippen molar-refractivity contribution in [1.29, 1.82) is 0 Å². The van der Waals surface area contributed by atoms with E-state index in [2.05, 4.69) is 0 Å². The second kappa shape index (κ2) is 9.31. The largest absolute Gasteiger partial charge is 0.443 e. The van der Waals surface area contributed by atoms with Gasteiger partial charge in [0.25, 0.3) is 0 Å². The molecule has 1 aromatic rings. The number of carbonyl (C=O) groups excluding carboxylic acids is 3. The van der Waals surface area contributed by atoms with E-state index in [1.165, 1.54) is 4.90 Å². The minimum Gasteiger partial charge on any atom is -0.443 e. The summed E-state index contributed by atoms with van der Waals surface area (Å²) in [6.45, 7) is 3.97. The van der Waals surface area contributed by atoms with Crippen molar-refractivity contribution in [3.05, 3.63) is 35.9 Å². The number of benzene rings is 1. The van der Waals surface area contributed by atoms with E-state index in [9.17, 15) is 18.9 Å². The van der Waals surface area contributed by atoms with Gasteiger partial charge in [0.15, 0.2) is 5.78 Å². The first-order chi connectivity index (χ1) is 12.4. The third-order valence-electron chi connectivity index (χ3n) is 4.20. The number of ether oxygens (including phenoxy) is 1. The molecule has 1 aromatic carbocycles. The van der Waals surface area contributed by atoms with Crippen molar-refractivity contribution in [1.82, 2.24) is 10.0 Å². The normalized spacial score (nSPS) is 15.7. The fraction of sp³-hybridized carbons (Fsp3) is 0.526. The minimum atomic E-state index is -1.29. The second-order valence-corrected chi connectivity index (χ2v) is 6.90. The van der Waals surface area contributed by atoms with Crippen molar-refractivity contribution in [3.63, 3.8) is 0 Å². The Morgan fingerprint density at radius 1 is 1.27 bits per heavy atom. The van der Waals surface area contributed by atoms with Crippen molar-refractivity contribution in [2.45, 2.75) is 45.8 Å². The Morgan fingerprint density at radius 3 is 2.58 bits per heavy atom. The molecule has 0 N–H and O–H groups in total. The molecule has 7 heteroatoms. The smallest absolute Gasteiger partial charge is 0.439 e. The van der Waals surface area contributed by atoms with Gasteiger partial charge >= 0.3 is 6.09 Å². The highest BCUT2D eigenvalue weighted by Crippen LogP contribution is 2.19. The molecule has 1 atom stereocenters. The van der Waals surface area contributed by atoms with Gasteiger partial charge in [0.2, 0.25) is 5.91 Å². The summed E-state index contributed by atoms with van der Waals surface area (Å²) in [4.78, 5) is 37.7. The number of hydrogen-bond acceptors (Lipinski definition) is 4. The van der Waals surface area contributed by atoms with Crippen LogP contribution < -0.4 is 0 Å². The third kappa shape index (κ3) is 5.54. The lowest BCUT2D eigenvalue weighted by atomic mass is 10.0. The van der Waals surface area contributed by atoms with Crippen molar-refractivity contribution in [2.75, 3.05) is 13.1 Å². The van der Waals surface area contributed by atoms with E-state index in [0.717, 1.165) is 5.56 Å². The third-order valence-corrected chi connectivity index (χ3v) is 4.20. The quantitative estimate of drug-likeness (QED) is 0.728. The summed E-state index contributed by atoms with van der Waals surface area (Å²) in [7, 11) is 0. The van der Waals surface area contributed by atoms with Crippen LogP contribution in [0, 0.1) is 5.92 Å². The van der Waals surface area contributed by atoms with Crippen molar-refractivity contribution in [2.24, 2.45) is 5.92 Å². The number of Topliss-reactive ketones (excluding diaryl/α,β-unsaturated/α-hetero) is 1. The van der Waals surface area contributed by atoms with Crippen LogP contribution in [0.5, 0.6) is 0 Å². The first kappa shape index (κ1) is 19.9. The molecule has 26 heavy (non-hydrogen) atoms. The van der Waals surface area contributed by atoms with Crippen molar-refractivity contribution in [3.8, 4) is 0 Å². The van der Waals surface area contributed by atoms with Crippen LogP contribution in [0.15, 0.2) is 30.3 Å². The van der Waals surface area contributed by atoms with Crippen LogP contribution in [-0.2, 0) is 20.9 Å². The average Bonchev–Trinajstić information content (AvgIpc) is 2.63. The van der Waals surface area contributed by atoms with Gasteiger partial charge in [-0.25, -0.2) is 4.79 Å². The number of halogens is 1. The maximum Gasteiger partial charge on any atom is 0.439 e. The monoisotopic (exact) mass is 364 g/mol. The average molecular weight is 364 g/mol. The van der Waals surface area contributed by atoms with E-state index < -0.39 is 18.0 Å². The molecule has 1 saturated heterocycles. The van der Waals surface area contributed by atoms with E-state index in [-0.39, 0.29) is 36.4 Å². The van der Waals surface area contributed by atoms with Gasteiger partial charge in [-0.3, -0.25) is 9.59 Å². The molecule has 0 aliphatic carbocycles. The maximum absolute atomic E-state index is 14.7. The molecular weight excluding hydrogens is 339 g/mol. The maximum atomic E-state index is 14.7. The zero-order chi connectivity index (χ0) is 19.1. The number of hydrogen-bond donors (Lipinski definition) is 0. The van der Waals surface area contributed by atoms with Gasteiger partial charge in [0.1, 0.15) is 12.6 Å². The number of ketones is 1. The van der Waals surface area contributed by atoms with Crippen LogP contribution >= 0.6 is 0 Å². The summed E-state index contributed by atoms with van der Waals surface area (Å²) in [5.74, 6) is -0.611. The van der Waals surface area contributed by atoms with Gasteiger partial charge in [0.05, 0.1) is 6.54 Å². The van der Waals surface area contributed by atoms with Crippen molar-refractivity contribution < 1.29 is 23.6 Å². The molecule has 1 fully saturated rings. The topological polar surface area (TPSA) is 66.9 Å². The summed E-state index contributed by atoms with van der Waals surface area (Å²) in [5.41, 5.74) is 0.725. The van der Waals surface area contributed by atoms with Crippen LogP contribution in [-0.4, -0.2) is 46.9 Å². The Kier molecular flexibility index (Phi) is 7.12. The Hall–Kier alpha value is -2.44. The highest BCUT2D eigenvalue weighted by molar-refractivity contribution is 5.90. The molecule has 6 nitrogen and oxygen atoms in total. The fourth-order valence-corrected chi connectivity index (χ4v) is 2.88. The van der Waals surface area contributed by atoms with Gasteiger partial charge in [-0.2, -0.15) is 0 Å². The van der Waals surface area contributed by atoms with Gasteiger partial charge in [0, 0.05) is 13.0 Å². The van der Waals surface area contributed by atoms with Crippen molar-refractivity contribution >= 4 is 17.8 Å². The molecule has 0 saturated carbocycles. The fourth-order valence-electron chi connectivity index (χ4n) is 2.88. The Labute approximate surface area is 152 Å². The van der Waals surface area contributed by atoms with E-state index in [0.29, 0.717) is 19.4 Å². The summed E-state index contributed by atoms with van der Waals surface area (Å²) < 4.78 is 19.6. The lowest BCUT2D eigenvalue weighted by Gasteiger charge is -2.32. The number of nitrogens with zero attached hydrogens (tertiary/aromatic N) is 2. The second-order valence-electron chi connectivity index (χ2n) is 6.90. The molecule has 0 spiro atoms. The number of piperidine rings is 1. The summed E-state index contributed by atoms with van der Waals surface area (Å²) in [6.07, 6.45) is -0.0578. The molecule has 0 unspecified atom stereocenters. The zero-order valence-corrected chi connectivity index (χ0v) is 15.2. The molecule has 142 valence electrons. The SMILES string of the molecule is CC(C)C[C@@H](C(=O)N1CCCC(=O)C1)N(F)C(=O)OCc1ccccc1. The standard InChI is InChI=1S/C19H25FN2O4/c1-14(2)11-17(18(24)21-10-6-9-16(23)12-21)22(20)19(25)26-13-15-7-4-3-5-8-15/h3-5,7-8,14,17H,6,9-13H2,1-2H3/t17-/m0/s1. The Morgan fingerprint density at radius 2 is 1.96 bits per heavy atom. The van der Waals surface area contributed by atoms with Gasteiger partial charge < -0.3 is 9.64 Å². The van der Waals surface area contributed by atoms with E-state index in [1.54, 1.807) is 24.3 Å². The lowest BCUT2D eigenvalue weighted by Crippen LogP contribution is -2.51. The van der Waals surface area contributed by atoms with Crippen LogP contribution in [0.1, 0.15) is 38.7 Å². The molecule has 0 bridgehead atoms. The molecule has 2 amide bonds. The Bertz CT molecular complexity index is 636. The minimum absolute atomic E-state index is 0.00962. The van der Waals surface area contributed by atoms with Crippen LogP contribution in [0.3, 0.4) is 0 Å². The summed E-state index contributed by atoms with van der Waals surface area (Å²) in [6, 6.07) is 7.62. The first-order valence-electron chi connectivity index (χ1n) is 8.84. The van der Waals surface area contributed by atoms with E-state index in [1.807, 2.05) is 19.9 Å². The molecule has 0 aromatic heterocycles. The summed E-state index contributed by atoms with van der Waals surface area (Å²) in [5, 5.41) is -0.135. The predicted octanol–water partition coefficient (Wildman–Crippen LogP) is 3.12. The van der Waals surface area contributed by atoms with Gasteiger partial charge in [-0.05, 0) is 24.3 Å². The molecule has 0 radical (unpaired) electrons. The predicted molar refractivity (Wildman–Crippen MR) is 93.6 cm³/mol. The lowest BCUT2D eigenvalue weighted by molar-refractivity contribution is -0.147. The highest BCUT2D eigenvalue weighted by Gasteiger charge is 2.36.